The number of hydrogen-bond donors (Lipinski definition) is 5. The Kier molecular flexibility index (Phi) is 12.9. The van der Waals surface area contributed by atoms with E-state index in [1.165, 1.54) is 0 Å². The van der Waals surface area contributed by atoms with Crippen LogP contribution in [0.15, 0.2) is 0 Å². The summed E-state index contributed by atoms with van der Waals surface area (Å²) >= 11 is 4.10. The summed E-state index contributed by atoms with van der Waals surface area (Å²) in [6.07, 6.45) is 1.55. The van der Waals surface area contributed by atoms with Crippen LogP contribution >= 0.6 is 12.6 Å². The van der Waals surface area contributed by atoms with Crippen LogP contribution in [0.3, 0.4) is 0 Å². The number of nitrogens with zero attached hydrogens (tertiary/aromatic N) is 1. The van der Waals surface area contributed by atoms with Crippen LogP contribution in [0.2, 0.25) is 0 Å². The Morgan fingerprint density at radius 1 is 1.33 bits per heavy atom. The number of carbonyl (C=O) groups is 2. The van der Waals surface area contributed by atoms with Crippen molar-refractivity contribution in [2.45, 2.75) is 65.1 Å². The predicted molar refractivity (Wildman–Crippen MR) is 108 cm³/mol. The molecule has 0 saturated heterocycles. The fraction of sp³-hybridized carbons (Fsp3) is 0.889. The third-order valence-electron chi connectivity index (χ3n) is 4.40. The lowest BCUT2D eigenvalue weighted by Crippen LogP contribution is -2.67. The van der Waals surface area contributed by atoms with Crippen LogP contribution in [0.4, 0.5) is 0 Å². The first-order chi connectivity index (χ1) is 12.6. The number of thiol groups is 1. The first kappa shape index (κ1) is 26.1. The van der Waals surface area contributed by atoms with Gasteiger partial charge in [-0.15, -0.1) is 0 Å². The van der Waals surface area contributed by atoms with Crippen molar-refractivity contribution in [3.8, 4) is 0 Å². The number of hydroxylamine groups is 2. The number of carboxylic acid groups (broad SMARTS) is 1. The molecule has 1 unspecified atom stereocenters. The molecule has 0 aromatic carbocycles. The second kappa shape index (κ2) is 13.3. The summed E-state index contributed by atoms with van der Waals surface area (Å²) in [6.45, 7) is 7.74. The third kappa shape index (κ3) is 8.78. The zero-order valence-corrected chi connectivity index (χ0v) is 17.9. The van der Waals surface area contributed by atoms with Gasteiger partial charge in [0.2, 0.25) is 11.6 Å². The van der Waals surface area contributed by atoms with E-state index in [0.717, 1.165) is 11.5 Å². The second-order valence-electron chi connectivity index (χ2n) is 7.38. The normalized spacial score (nSPS) is 16.0. The molecule has 0 aromatic rings. The van der Waals surface area contributed by atoms with E-state index in [4.69, 9.17) is 10.6 Å². The van der Waals surface area contributed by atoms with Gasteiger partial charge >= 0.3 is 5.97 Å². The van der Waals surface area contributed by atoms with Gasteiger partial charge in [0.15, 0.2) is 0 Å². The quantitative estimate of drug-likeness (QED) is 0.157. The lowest BCUT2D eigenvalue weighted by Gasteiger charge is -2.40. The fourth-order valence-corrected chi connectivity index (χ4v) is 2.56. The van der Waals surface area contributed by atoms with Crippen molar-refractivity contribution in [3.63, 3.8) is 0 Å². The van der Waals surface area contributed by atoms with Gasteiger partial charge in [-0.1, -0.05) is 34.1 Å². The highest BCUT2D eigenvalue weighted by Gasteiger charge is 2.48. The van der Waals surface area contributed by atoms with Gasteiger partial charge in [-0.25, -0.2) is 4.79 Å². The standard InChI is InChI=1S/C18H37N3O5S/c1-5-14(4)6-9-26-21(16(23)10-13(2)3)18(7-8-22,17(24)25)20-11-15(19)12-27/h13-15,20,22,27H,5-12,19H2,1-4H3,(H,24,25)/t14-,15?,18-/m0/s1. The smallest absolute Gasteiger partial charge is 0.347 e. The molecular formula is C18H37N3O5S. The Bertz CT molecular complexity index is 453. The maximum absolute atomic E-state index is 12.8. The number of hydrogen-bond acceptors (Lipinski definition) is 7. The number of carboxylic acids is 1. The molecule has 3 atom stereocenters. The van der Waals surface area contributed by atoms with Gasteiger partial charge in [0.05, 0.1) is 6.61 Å². The number of carbonyl (C=O) groups excluding carboxylic acids is 1. The zero-order valence-electron chi connectivity index (χ0n) is 17.0. The Hall–Kier alpha value is -0.870. The number of aliphatic carboxylic acids is 1. The fourth-order valence-electron chi connectivity index (χ4n) is 2.43. The Balaban J connectivity index is 5.68. The third-order valence-corrected chi connectivity index (χ3v) is 4.87. The highest BCUT2D eigenvalue weighted by molar-refractivity contribution is 7.80. The predicted octanol–water partition coefficient (Wildman–Crippen LogP) is 1.24. The molecule has 5 N–H and O–H groups in total. The van der Waals surface area contributed by atoms with E-state index >= 15 is 0 Å². The van der Waals surface area contributed by atoms with Crippen LogP contribution in [-0.2, 0) is 14.4 Å². The molecule has 0 saturated carbocycles. The van der Waals surface area contributed by atoms with E-state index in [2.05, 4.69) is 31.8 Å². The lowest BCUT2D eigenvalue weighted by atomic mass is 10.0. The number of amides is 1. The summed E-state index contributed by atoms with van der Waals surface area (Å²) < 4.78 is 0. The molecule has 0 heterocycles. The van der Waals surface area contributed by atoms with Gasteiger partial charge in [0.25, 0.3) is 0 Å². The van der Waals surface area contributed by atoms with Crippen molar-refractivity contribution in [1.82, 2.24) is 10.4 Å². The summed E-state index contributed by atoms with van der Waals surface area (Å²) in [5, 5.41) is 23.2. The van der Waals surface area contributed by atoms with E-state index in [9.17, 15) is 19.8 Å². The molecule has 0 aromatic heterocycles. The molecule has 9 heteroatoms. The molecule has 0 rings (SSSR count). The molecule has 0 aliphatic rings. The maximum atomic E-state index is 12.8. The lowest BCUT2D eigenvalue weighted by molar-refractivity contribution is -0.238. The molecule has 160 valence electrons. The highest BCUT2D eigenvalue weighted by atomic mass is 32.1. The molecule has 0 spiro atoms. The molecule has 0 aliphatic heterocycles. The van der Waals surface area contributed by atoms with Crippen molar-refractivity contribution in [1.29, 1.82) is 0 Å². The maximum Gasteiger partial charge on any atom is 0.347 e. The molecule has 27 heavy (non-hydrogen) atoms. The first-order valence-corrected chi connectivity index (χ1v) is 10.2. The number of nitrogens with one attached hydrogen (secondary N) is 1. The Morgan fingerprint density at radius 2 is 1.96 bits per heavy atom. The van der Waals surface area contributed by atoms with Crippen LogP contribution in [0.1, 0.15) is 53.4 Å². The van der Waals surface area contributed by atoms with Gasteiger partial charge in [-0.2, -0.15) is 17.7 Å². The van der Waals surface area contributed by atoms with Crippen molar-refractivity contribution < 1.29 is 24.6 Å². The van der Waals surface area contributed by atoms with Gasteiger partial charge in [-0.3, -0.25) is 14.9 Å². The van der Waals surface area contributed by atoms with Gasteiger partial charge in [0.1, 0.15) is 0 Å². The van der Waals surface area contributed by atoms with Crippen LogP contribution in [0.5, 0.6) is 0 Å². The molecule has 8 nitrogen and oxygen atoms in total. The van der Waals surface area contributed by atoms with Crippen LogP contribution in [0, 0.1) is 11.8 Å². The zero-order chi connectivity index (χ0) is 21.0. The van der Waals surface area contributed by atoms with Gasteiger partial charge in [-0.05, 0) is 18.3 Å². The molecule has 1 amide bonds. The summed E-state index contributed by atoms with van der Waals surface area (Å²) in [7, 11) is 0. The molecule has 0 radical (unpaired) electrons. The van der Waals surface area contributed by atoms with Gasteiger partial charge in [0, 0.05) is 37.8 Å². The van der Waals surface area contributed by atoms with Crippen molar-refractivity contribution in [2.24, 2.45) is 17.6 Å². The monoisotopic (exact) mass is 407 g/mol. The molecule has 0 bridgehead atoms. The molecule has 0 aliphatic carbocycles. The van der Waals surface area contributed by atoms with Crippen molar-refractivity contribution in [3.05, 3.63) is 0 Å². The van der Waals surface area contributed by atoms with Crippen molar-refractivity contribution >= 4 is 24.5 Å². The topological polar surface area (TPSA) is 125 Å². The van der Waals surface area contributed by atoms with Crippen LogP contribution in [-0.4, -0.2) is 64.4 Å². The average molecular weight is 408 g/mol. The number of aliphatic hydroxyl groups is 1. The minimum atomic E-state index is -1.89. The van der Waals surface area contributed by atoms with Crippen LogP contribution in [0.25, 0.3) is 0 Å². The first-order valence-electron chi connectivity index (χ1n) is 9.56. The second-order valence-corrected chi connectivity index (χ2v) is 7.75. The van der Waals surface area contributed by atoms with E-state index in [1.54, 1.807) is 0 Å². The SMILES string of the molecule is CC[C@H](C)CCON(C(=O)CC(C)C)[C@](CCO)(NCC(N)CS)C(=O)O. The Morgan fingerprint density at radius 3 is 2.41 bits per heavy atom. The largest absolute Gasteiger partial charge is 0.478 e. The van der Waals surface area contributed by atoms with E-state index in [1.807, 2.05) is 13.8 Å². The summed E-state index contributed by atoms with van der Waals surface area (Å²) in [5.41, 5.74) is 3.96. The van der Waals surface area contributed by atoms with E-state index < -0.39 is 30.2 Å². The number of aliphatic hydroxyl groups excluding tert-OH is 1. The number of nitrogens with two attached hydrogens (primary N) is 1. The Labute approximate surface area is 168 Å². The van der Waals surface area contributed by atoms with Crippen molar-refractivity contribution in [2.75, 3.05) is 25.5 Å². The molecular weight excluding hydrogens is 370 g/mol. The summed E-state index contributed by atoms with van der Waals surface area (Å²) in [4.78, 5) is 30.7. The van der Waals surface area contributed by atoms with Crippen LogP contribution < -0.4 is 11.1 Å². The number of rotatable bonds is 15. The summed E-state index contributed by atoms with van der Waals surface area (Å²) in [6, 6.07) is -0.409. The average Bonchev–Trinajstić information content (AvgIpc) is 2.60. The highest BCUT2D eigenvalue weighted by Crippen LogP contribution is 2.22. The molecule has 0 fully saturated rings. The van der Waals surface area contributed by atoms with Gasteiger partial charge < -0.3 is 15.9 Å². The van der Waals surface area contributed by atoms with E-state index in [-0.39, 0.29) is 31.9 Å². The summed E-state index contributed by atoms with van der Waals surface area (Å²) in [5.74, 6) is -0.995. The minimum absolute atomic E-state index is 0.0264. The van der Waals surface area contributed by atoms with E-state index in [0.29, 0.717) is 18.1 Å². The minimum Gasteiger partial charge on any atom is -0.478 e.